The van der Waals surface area contributed by atoms with Gasteiger partial charge in [-0.3, -0.25) is 9.59 Å². The Morgan fingerprint density at radius 2 is 1.73 bits per heavy atom. The average molecular weight is 406 g/mol. The predicted molar refractivity (Wildman–Crippen MR) is 113 cm³/mol. The van der Waals surface area contributed by atoms with Gasteiger partial charge in [-0.25, -0.2) is 9.69 Å². The Morgan fingerprint density at radius 1 is 1.00 bits per heavy atom. The first-order valence-electron chi connectivity index (χ1n) is 10.5. The smallest absolute Gasteiger partial charge is 0.416 e. The molecular formula is C24H26N2O4. The molecule has 6 nitrogen and oxygen atoms in total. The number of rotatable bonds is 8. The SMILES string of the molecule is O=C(CC1CC1)Nc1ccc(CCC(=O)N2C(=O)OC[C@H]2Cc2ccccc2)cc1. The maximum Gasteiger partial charge on any atom is 0.416 e. The average Bonchev–Trinajstić information content (AvgIpc) is 3.48. The largest absolute Gasteiger partial charge is 0.447 e. The lowest BCUT2D eigenvalue weighted by Gasteiger charge is -2.19. The molecule has 1 heterocycles. The van der Waals surface area contributed by atoms with Gasteiger partial charge < -0.3 is 10.1 Å². The number of ether oxygens (including phenoxy) is 1. The lowest BCUT2D eigenvalue weighted by Crippen LogP contribution is -2.40. The van der Waals surface area contributed by atoms with Crippen LogP contribution in [0.2, 0.25) is 0 Å². The van der Waals surface area contributed by atoms with E-state index < -0.39 is 6.09 Å². The highest BCUT2D eigenvalue weighted by Crippen LogP contribution is 2.32. The minimum absolute atomic E-state index is 0.0532. The first-order chi connectivity index (χ1) is 14.6. The van der Waals surface area contributed by atoms with Gasteiger partial charge in [0, 0.05) is 18.5 Å². The predicted octanol–water partition coefficient (Wildman–Crippen LogP) is 3.95. The fraction of sp³-hybridized carbons (Fsp3) is 0.375. The summed E-state index contributed by atoms with van der Waals surface area (Å²) >= 11 is 0. The lowest BCUT2D eigenvalue weighted by atomic mass is 10.0. The molecule has 2 aliphatic rings. The van der Waals surface area contributed by atoms with Crippen LogP contribution in [0.1, 0.15) is 36.8 Å². The molecule has 0 radical (unpaired) electrons. The molecule has 0 unspecified atom stereocenters. The summed E-state index contributed by atoms with van der Waals surface area (Å²) in [5.41, 5.74) is 2.82. The van der Waals surface area contributed by atoms with Gasteiger partial charge in [0.25, 0.3) is 0 Å². The lowest BCUT2D eigenvalue weighted by molar-refractivity contribution is -0.129. The standard InChI is InChI=1S/C24H26N2O4/c27-22(15-19-6-7-19)25-20-11-8-17(9-12-20)10-13-23(28)26-21(16-30-24(26)29)14-18-4-2-1-3-5-18/h1-5,8-9,11-12,19,21H,6-7,10,13-16H2,(H,25,27)/t21-/m1/s1. The Morgan fingerprint density at radius 3 is 2.43 bits per heavy atom. The number of nitrogens with zero attached hydrogens (tertiary/aromatic N) is 1. The first kappa shape index (κ1) is 20.1. The van der Waals surface area contributed by atoms with Gasteiger partial charge in [-0.1, -0.05) is 42.5 Å². The highest BCUT2D eigenvalue weighted by atomic mass is 16.6. The van der Waals surface area contributed by atoms with Crippen molar-refractivity contribution in [2.75, 3.05) is 11.9 Å². The first-order valence-corrected chi connectivity index (χ1v) is 10.5. The van der Waals surface area contributed by atoms with Gasteiger partial charge in [0.2, 0.25) is 11.8 Å². The van der Waals surface area contributed by atoms with Gasteiger partial charge in [-0.05, 0) is 54.9 Å². The number of nitrogens with one attached hydrogen (secondary N) is 1. The fourth-order valence-corrected chi connectivity index (χ4v) is 3.73. The molecular weight excluding hydrogens is 380 g/mol. The molecule has 30 heavy (non-hydrogen) atoms. The van der Waals surface area contributed by atoms with E-state index in [2.05, 4.69) is 5.32 Å². The maximum absolute atomic E-state index is 12.7. The molecule has 4 rings (SSSR count). The number of hydrogen-bond acceptors (Lipinski definition) is 4. The van der Waals surface area contributed by atoms with Crippen molar-refractivity contribution in [2.24, 2.45) is 5.92 Å². The Balaban J connectivity index is 1.29. The number of amides is 3. The zero-order valence-electron chi connectivity index (χ0n) is 16.9. The van der Waals surface area contributed by atoms with E-state index in [-0.39, 0.29) is 30.9 Å². The van der Waals surface area contributed by atoms with E-state index >= 15 is 0 Å². The van der Waals surface area contributed by atoms with Crippen LogP contribution in [0.3, 0.4) is 0 Å². The molecule has 1 aliphatic carbocycles. The molecule has 2 aromatic carbocycles. The number of cyclic esters (lactones) is 1. The number of benzene rings is 2. The van der Waals surface area contributed by atoms with E-state index in [0.29, 0.717) is 25.2 Å². The summed E-state index contributed by atoms with van der Waals surface area (Å²) in [5, 5.41) is 2.91. The van der Waals surface area contributed by atoms with E-state index in [1.54, 1.807) is 0 Å². The van der Waals surface area contributed by atoms with Crippen molar-refractivity contribution in [3.63, 3.8) is 0 Å². The number of hydrogen-bond donors (Lipinski definition) is 1. The Hall–Kier alpha value is -3.15. The molecule has 2 aromatic rings. The molecule has 1 saturated carbocycles. The van der Waals surface area contributed by atoms with E-state index in [1.165, 1.54) is 4.90 Å². The normalized spacial score (nSPS) is 18.2. The van der Waals surface area contributed by atoms with Crippen molar-refractivity contribution < 1.29 is 19.1 Å². The summed E-state index contributed by atoms with van der Waals surface area (Å²) in [6, 6.07) is 17.0. The van der Waals surface area contributed by atoms with Crippen molar-refractivity contribution in [3.8, 4) is 0 Å². The monoisotopic (exact) mass is 406 g/mol. The molecule has 1 aliphatic heterocycles. The number of anilines is 1. The minimum Gasteiger partial charge on any atom is -0.447 e. The van der Waals surface area contributed by atoms with Gasteiger partial charge in [0.15, 0.2) is 0 Å². The Labute approximate surface area is 176 Å². The molecule has 0 bridgehead atoms. The van der Waals surface area contributed by atoms with Crippen LogP contribution in [0, 0.1) is 5.92 Å². The second kappa shape index (κ2) is 9.11. The van der Waals surface area contributed by atoms with Crippen LogP contribution in [0.4, 0.5) is 10.5 Å². The molecule has 0 aromatic heterocycles. The fourth-order valence-electron chi connectivity index (χ4n) is 3.73. The van der Waals surface area contributed by atoms with Crippen molar-refractivity contribution >= 4 is 23.6 Å². The number of carbonyl (C=O) groups excluding carboxylic acids is 3. The minimum atomic E-state index is -0.561. The van der Waals surface area contributed by atoms with Crippen LogP contribution < -0.4 is 5.32 Å². The summed E-state index contributed by atoms with van der Waals surface area (Å²) in [5.74, 6) is 0.385. The molecule has 1 N–H and O–H groups in total. The van der Waals surface area contributed by atoms with Crippen molar-refractivity contribution in [1.82, 2.24) is 4.90 Å². The van der Waals surface area contributed by atoms with Crippen LogP contribution in [-0.4, -0.2) is 35.5 Å². The summed E-state index contributed by atoms with van der Waals surface area (Å²) in [6.45, 7) is 0.231. The maximum atomic E-state index is 12.7. The van der Waals surface area contributed by atoms with Crippen LogP contribution in [-0.2, 0) is 27.2 Å². The topological polar surface area (TPSA) is 75.7 Å². The van der Waals surface area contributed by atoms with Crippen LogP contribution in [0.25, 0.3) is 0 Å². The zero-order chi connectivity index (χ0) is 20.9. The van der Waals surface area contributed by atoms with E-state index in [0.717, 1.165) is 29.7 Å². The van der Waals surface area contributed by atoms with Crippen molar-refractivity contribution in [2.45, 2.75) is 44.6 Å². The third-order valence-corrected chi connectivity index (χ3v) is 5.58. The van der Waals surface area contributed by atoms with Crippen LogP contribution in [0.15, 0.2) is 54.6 Å². The van der Waals surface area contributed by atoms with Crippen molar-refractivity contribution in [3.05, 3.63) is 65.7 Å². The van der Waals surface area contributed by atoms with E-state index in [1.807, 2.05) is 54.6 Å². The third kappa shape index (κ3) is 5.26. The molecule has 1 atom stereocenters. The van der Waals surface area contributed by atoms with E-state index in [4.69, 9.17) is 4.74 Å². The summed E-state index contributed by atoms with van der Waals surface area (Å²) < 4.78 is 5.13. The van der Waals surface area contributed by atoms with Crippen LogP contribution in [0.5, 0.6) is 0 Å². The van der Waals surface area contributed by atoms with Gasteiger partial charge in [0.05, 0.1) is 6.04 Å². The second-order valence-corrected chi connectivity index (χ2v) is 8.08. The molecule has 3 amide bonds. The third-order valence-electron chi connectivity index (χ3n) is 5.58. The summed E-state index contributed by atoms with van der Waals surface area (Å²) in [4.78, 5) is 38.0. The molecule has 0 spiro atoms. The highest BCUT2D eigenvalue weighted by molar-refractivity contribution is 5.93. The number of imide groups is 1. The quantitative estimate of drug-likeness (QED) is 0.720. The summed E-state index contributed by atoms with van der Waals surface area (Å²) in [7, 11) is 0. The zero-order valence-corrected chi connectivity index (χ0v) is 16.9. The van der Waals surface area contributed by atoms with Gasteiger partial charge in [-0.15, -0.1) is 0 Å². The van der Waals surface area contributed by atoms with E-state index in [9.17, 15) is 14.4 Å². The number of aryl methyl sites for hydroxylation is 1. The Kier molecular flexibility index (Phi) is 6.12. The molecule has 1 saturated heterocycles. The molecule has 6 heteroatoms. The number of carbonyl (C=O) groups is 3. The Bertz CT molecular complexity index is 907. The van der Waals surface area contributed by atoms with Gasteiger partial charge in [-0.2, -0.15) is 0 Å². The second-order valence-electron chi connectivity index (χ2n) is 8.08. The molecule has 2 fully saturated rings. The van der Waals surface area contributed by atoms with Crippen molar-refractivity contribution in [1.29, 1.82) is 0 Å². The van der Waals surface area contributed by atoms with Gasteiger partial charge >= 0.3 is 6.09 Å². The van der Waals surface area contributed by atoms with Gasteiger partial charge in [0.1, 0.15) is 6.61 Å². The van der Waals surface area contributed by atoms with Crippen LogP contribution >= 0.6 is 0 Å². The highest BCUT2D eigenvalue weighted by Gasteiger charge is 2.37. The summed E-state index contributed by atoms with van der Waals surface area (Å²) in [6.07, 6.45) is 3.67. The molecule has 156 valence electrons.